The number of ether oxygens (including phenoxy) is 1. The number of thioether (sulfide) groups is 1. The number of aliphatic hydroxyl groups is 1. The molecule has 0 aliphatic carbocycles. The molecule has 128 valence electrons. The lowest BCUT2D eigenvalue weighted by Crippen LogP contribution is -2.63. The molecular formula is C15H22N2O5S. The van der Waals surface area contributed by atoms with Crippen molar-refractivity contribution in [2.24, 2.45) is 17.6 Å². The summed E-state index contributed by atoms with van der Waals surface area (Å²) < 4.78 is 5.57. The van der Waals surface area contributed by atoms with Crippen molar-refractivity contribution < 1.29 is 24.5 Å². The third kappa shape index (κ3) is 2.57. The van der Waals surface area contributed by atoms with Crippen LogP contribution in [0.2, 0.25) is 0 Å². The molecule has 0 aromatic rings. The van der Waals surface area contributed by atoms with Crippen LogP contribution in [-0.2, 0) is 14.3 Å². The van der Waals surface area contributed by atoms with Gasteiger partial charge in [-0.15, -0.1) is 11.8 Å². The summed E-state index contributed by atoms with van der Waals surface area (Å²) >= 11 is 1.48. The summed E-state index contributed by atoms with van der Waals surface area (Å²) in [4.78, 5) is 26.0. The number of hydrogen-bond acceptors (Lipinski definition) is 6. The van der Waals surface area contributed by atoms with E-state index in [2.05, 4.69) is 0 Å². The Morgan fingerprint density at radius 3 is 2.78 bits per heavy atom. The highest BCUT2D eigenvalue weighted by atomic mass is 32.2. The summed E-state index contributed by atoms with van der Waals surface area (Å²) in [6.07, 6.45) is 0.0203. The topological polar surface area (TPSA) is 113 Å². The zero-order valence-electron chi connectivity index (χ0n) is 13.1. The molecule has 0 radical (unpaired) electrons. The van der Waals surface area contributed by atoms with Crippen molar-refractivity contribution in [3.8, 4) is 0 Å². The number of aliphatic carboxylic acids is 1. The Bertz CT molecular complexity index is 564. The van der Waals surface area contributed by atoms with Crippen LogP contribution < -0.4 is 5.73 Å². The highest BCUT2D eigenvalue weighted by molar-refractivity contribution is 8.03. The Kier molecular flexibility index (Phi) is 4.43. The first-order chi connectivity index (χ1) is 10.9. The third-order valence-corrected chi connectivity index (χ3v) is 6.39. The molecule has 0 spiro atoms. The van der Waals surface area contributed by atoms with Crippen molar-refractivity contribution >= 4 is 23.6 Å². The largest absolute Gasteiger partial charge is 0.477 e. The number of nitrogens with two attached hydrogens (primary N) is 1. The van der Waals surface area contributed by atoms with Crippen LogP contribution in [0.3, 0.4) is 0 Å². The fourth-order valence-corrected chi connectivity index (χ4v) is 5.25. The molecule has 0 bridgehead atoms. The van der Waals surface area contributed by atoms with Crippen molar-refractivity contribution in [3.05, 3.63) is 10.6 Å². The normalized spacial score (nSPS) is 37.8. The van der Waals surface area contributed by atoms with Gasteiger partial charge in [0.2, 0.25) is 5.91 Å². The van der Waals surface area contributed by atoms with E-state index in [1.54, 1.807) is 6.92 Å². The highest BCUT2D eigenvalue weighted by Crippen LogP contribution is 2.51. The zero-order valence-corrected chi connectivity index (χ0v) is 14.0. The lowest BCUT2D eigenvalue weighted by atomic mass is 9.79. The summed E-state index contributed by atoms with van der Waals surface area (Å²) in [6, 6.07) is -0.260. The van der Waals surface area contributed by atoms with E-state index in [9.17, 15) is 19.8 Å². The van der Waals surface area contributed by atoms with Crippen LogP contribution in [-0.4, -0.2) is 63.6 Å². The van der Waals surface area contributed by atoms with E-state index < -0.39 is 18.0 Å². The number of fused-ring (bicyclic) bond motifs is 1. The number of hydrogen-bond donors (Lipinski definition) is 3. The number of amides is 1. The van der Waals surface area contributed by atoms with E-state index >= 15 is 0 Å². The van der Waals surface area contributed by atoms with Gasteiger partial charge in [-0.2, -0.15) is 0 Å². The minimum Gasteiger partial charge on any atom is -0.477 e. The summed E-state index contributed by atoms with van der Waals surface area (Å²) in [6.45, 7) is 4.49. The second-order valence-electron chi connectivity index (χ2n) is 6.44. The molecule has 1 unspecified atom stereocenters. The van der Waals surface area contributed by atoms with E-state index in [1.807, 2.05) is 6.92 Å². The van der Waals surface area contributed by atoms with Crippen molar-refractivity contribution in [3.63, 3.8) is 0 Å². The first-order valence-electron chi connectivity index (χ1n) is 7.83. The summed E-state index contributed by atoms with van der Waals surface area (Å²) in [5.74, 6) is -2.00. The van der Waals surface area contributed by atoms with Crippen LogP contribution in [0.1, 0.15) is 20.3 Å². The number of aliphatic hydroxyl groups excluding tert-OH is 1. The van der Waals surface area contributed by atoms with Crippen LogP contribution in [0.25, 0.3) is 0 Å². The van der Waals surface area contributed by atoms with Gasteiger partial charge in [0.1, 0.15) is 5.70 Å². The van der Waals surface area contributed by atoms with Crippen molar-refractivity contribution in [1.82, 2.24) is 4.90 Å². The fourth-order valence-electron chi connectivity index (χ4n) is 3.78. The predicted molar refractivity (Wildman–Crippen MR) is 84.4 cm³/mol. The average molecular weight is 342 g/mol. The second-order valence-corrected chi connectivity index (χ2v) is 7.78. The standard InChI is InChI=1S/C15H22N2O5S/c1-6-11-10(7(2)18)14(19)17(11)12(15(20)21)13(6)23-9-3-8(4-16)22-5-9/h6-11,18H,3-5,16H2,1-2H3,(H,20,21)/t6-,7-,8-,9-,10-,11?/m1/s1. The van der Waals surface area contributed by atoms with E-state index in [1.165, 1.54) is 16.7 Å². The molecule has 3 aliphatic rings. The number of carboxylic acids is 1. The molecule has 4 N–H and O–H groups in total. The predicted octanol–water partition coefficient (Wildman–Crippen LogP) is -0.0105. The lowest BCUT2D eigenvalue weighted by molar-refractivity contribution is -0.163. The first kappa shape index (κ1) is 16.8. The van der Waals surface area contributed by atoms with Gasteiger partial charge >= 0.3 is 5.97 Å². The second kappa shape index (κ2) is 6.08. The number of rotatable bonds is 5. The molecule has 3 aliphatic heterocycles. The van der Waals surface area contributed by atoms with Gasteiger partial charge in [0.15, 0.2) is 0 Å². The number of carbonyl (C=O) groups is 2. The highest BCUT2D eigenvalue weighted by Gasteiger charge is 2.60. The van der Waals surface area contributed by atoms with E-state index in [-0.39, 0.29) is 34.9 Å². The van der Waals surface area contributed by atoms with Crippen molar-refractivity contribution in [2.75, 3.05) is 13.2 Å². The molecule has 0 aromatic carbocycles. The van der Waals surface area contributed by atoms with Crippen LogP contribution in [0.5, 0.6) is 0 Å². The maximum absolute atomic E-state index is 12.2. The maximum Gasteiger partial charge on any atom is 0.353 e. The van der Waals surface area contributed by atoms with Crippen molar-refractivity contribution in [2.45, 2.75) is 43.8 Å². The van der Waals surface area contributed by atoms with Gasteiger partial charge in [-0.1, -0.05) is 6.92 Å². The fraction of sp³-hybridized carbons (Fsp3) is 0.733. The monoisotopic (exact) mass is 342 g/mol. The molecule has 8 heteroatoms. The molecule has 2 saturated heterocycles. The molecule has 2 fully saturated rings. The molecular weight excluding hydrogens is 320 g/mol. The number of β-lactam (4-membered cyclic amide) rings is 1. The molecule has 3 heterocycles. The smallest absolute Gasteiger partial charge is 0.353 e. The minimum absolute atomic E-state index is 0.0157. The Morgan fingerprint density at radius 1 is 1.57 bits per heavy atom. The average Bonchev–Trinajstić information content (AvgIpc) is 3.02. The van der Waals surface area contributed by atoms with Gasteiger partial charge in [-0.05, 0) is 13.3 Å². The SMILES string of the molecule is C[C@H]1C(S[C@H]2CO[C@@H](CN)C2)=C(C(=O)O)N2C(=O)[C@H]([C@@H](C)O)C12. The van der Waals surface area contributed by atoms with Crippen LogP contribution >= 0.6 is 11.8 Å². The number of carbonyl (C=O) groups excluding carboxylic acids is 1. The van der Waals surface area contributed by atoms with Crippen LogP contribution in [0.4, 0.5) is 0 Å². The molecule has 23 heavy (non-hydrogen) atoms. The van der Waals surface area contributed by atoms with Gasteiger partial charge in [0, 0.05) is 22.6 Å². The van der Waals surface area contributed by atoms with E-state index in [4.69, 9.17) is 10.5 Å². The Hall–Kier alpha value is -1.09. The Morgan fingerprint density at radius 2 is 2.26 bits per heavy atom. The Balaban J connectivity index is 1.83. The quantitative estimate of drug-likeness (QED) is 0.602. The molecule has 1 amide bonds. The third-order valence-electron chi connectivity index (χ3n) is 4.91. The summed E-state index contributed by atoms with van der Waals surface area (Å²) in [7, 11) is 0. The van der Waals surface area contributed by atoms with E-state index in [0.717, 1.165) is 6.42 Å². The Labute approximate surface area is 138 Å². The molecule has 0 aromatic heterocycles. The van der Waals surface area contributed by atoms with Gasteiger partial charge in [0.25, 0.3) is 0 Å². The van der Waals surface area contributed by atoms with Gasteiger partial charge in [-0.25, -0.2) is 4.79 Å². The number of nitrogens with zero attached hydrogens (tertiary/aromatic N) is 1. The minimum atomic E-state index is -1.09. The van der Waals surface area contributed by atoms with Crippen LogP contribution in [0, 0.1) is 11.8 Å². The maximum atomic E-state index is 12.2. The first-order valence-corrected chi connectivity index (χ1v) is 8.71. The molecule has 7 nitrogen and oxygen atoms in total. The van der Waals surface area contributed by atoms with Gasteiger partial charge in [-0.3, -0.25) is 4.79 Å². The lowest BCUT2D eigenvalue weighted by Gasteiger charge is -2.46. The van der Waals surface area contributed by atoms with Crippen molar-refractivity contribution in [1.29, 1.82) is 0 Å². The van der Waals surface area contributed by atoms with Crippen LogP contribution in [0.15, 0.2) is 10.6 Å². The molecule has 3 rings (SSSR count). The number of carboxylic acid groups (broad SMARTS) is 1. The van der Waals surface area contributed by atoms with Gasteiger partial charge in [0.05, 0.1) is 30.8 Å². The zero-order chi connectivity index (χ0) is 16.9. The summed E-state index contributed by atoms with van der Waals surface area (Å²) in [5.41, 5.74) is 5.68. The summed E-state index contributed by atoms with van der Waals surface area (Å²) in [5, 5.41) is 19.5. The van der Waals surface area contributed by atoms with Gasteiger partial charge < -0.3 is 25.6 Å². The molecule has 6 atom stereocenters. The van der Waals surface area contributed by atoms with E-state index in [0.29, 0.717) is 18.1 Å². The molecule has 0 saturated carbocycles.